The molecule has 3 heteroatoms. The van der Waals surface area contributed by atoms with Gasteiger partial charge in [-0.15, -0.1) is 0 Å². The van der Waals surface area contributed by atoms with Crippen LogP contribution < -0.4 is 5.32 Å². The molecular formula is C22H17N3. The van der Waals surface area contributed by atoms with Crippen molar-refractivity contribution in [3.8, 4) is 11.4 Å². The normalized spacial score (nSPS) is 15.8. The van der Waals surface area contributed by atoms with Gasteiger partial charge in [-0.2, -0.15) is 0 Å². The molecule has 0 spiro atoms. The maximum Gasteiger partial charge on any atom is 0.145 e. The second kappa shape index (κ2) is 5.64. The van der Waals surface area contributed by atoms with E-state index in [-0.39, 0.29) is 6.17 Å². The number of nitrogens with one attached hydrogen (secondary N) is 1. The first-order valence-electron chi connectivity index (χ1n) is 8.46. The van der Waals surface area contributed by atoms with E-state index in [1.54, 1.807) is 0 Å². The first-order valence-corrected chi connectivity index (χ1v) is 8.46. The summed E-state index contributed by atoms with van der Waals surface area (Å²) >= 11 is 0. The Morgan fingerprint density at radius 1 is 0.840 bits per heavy atom. The molecule has 1 N–H and O–H groups in total. The average molecular weight is 323 g/mol. The van der Waals surface area contributed by atoms with Gasteiger partial charge in [0.2, 0.25) is 0 Å². The Kier molecular flexibility index (Phi) is 3.17. The standard InChI is InChI=1S/C22H17N3/c1-2-8-16(9-3-1)14-15-21-23-18-11-5-4-10-17(18)22-24-19-12-6-7-13-20(19)25(21)22/h1-15,21,23H. The van der Waals surface area contributed by atoms with Crippen LogP contribution in [0.25, 0.3) is 28.5 Å². The van der Waals surface area contributed by atoms with Crippen LogP contribution in [-0.4, -0.2) is 9.55 Å². The van der Waals surface area contributed by atoms with E-state index in [1.807, 2.05) is 12.1 Å². The van der Waals surface area contributed by atoms with Crippen molar-refractivity contribution in [2.75, 3.05) is 5.32 Å². The Hall–Kier alpha value is -3.33. The zero-order chi connectivity index (χ0) is 16.6. The molecule has 5 rings (SSSR count). The Balaban J connectivity index is 1.68. The number of rotatable bonds is 2. The lowest BCUT2D eigenvalue weighted by molar-refractivity contribution is 0.694. The van der Waals surface area contributed by atoms with Gasteiger partial charge in [-0.3, -0.25) is 4.57 Å². The highest BCUT2D eigenvalue weighted by Crippen LogP contribution is 2.38. The first-order chi connectivity index (χ1) is 12.4. The van der Waals surface area contributed by atoms with Crippen molar-refractivity contribution in [2.24, 2.45) is 0 Å². The fourth-order valence-electron chi connectivity index (χ4n) is 3.44. The van der Waals surface area contributed by atoms with Crippen LogP contribution in [0.5, 0.6) is 0 Å². The zero-order valence-electron chi connectivity index (χ0n) is 13.6. The van der Waals surface area contributed by atoms with E-state index in [9.17, 15) is 0 Å². The van der Waals surface area contributed by atoms with Crippen molar-refractivity contribution in [1.29, 1.82) is 0 Å². The summed E-state index contributed by atoms with van der Waals surface area (Å²) in [4.78, 5) is 4.89. The number of hydrogen-bond donors (Lipinski definition) is 1. The molecule has 3 aromatic carbocycles. The quantitative estimate of drug-likeness (QED) is 0.539. The van der Waals surface area contributed by atoms with Crippen LogP contribution in [0.4, 0.5) is 5.69 Å². The summed E-state index contributed by atoms with van der Waals surface area (Å²) < 4.78 is 2.27. The Morgan fingerprint density at radius 2 is 1.60 bits per heavy atom. The van der Waals surface area contributed by atoms with Gasteiger partial charge >= 0.3 is 0 Å². The van der Waals surface area contributed by atoms with Gasteiger partial charge in [-0.05, 0) is 35.9 Å². The lowest BCUT2D eigenvalue weighted by Gasteiger charge is -2.28. The van der Waals surface area contributed by atoms with E-state index in [2.05, 4.69) is 88.8 Å². The van der Waals surface area contributed by atoms with Crippen molar-refractivity contribution >= 4 is 22.8 Å². The molecule has 120 valence electrons. The fourth-order valence-corrected chi connectivity index (χ4v) is 3.44. The van der Waals surface area contributed by atoms with Crippen LogP contribution in [-0.2, 0) is 0 Å². The lowest BCUT2D eigenvalue weighted by Crippen LogP contribution is -2.21. The van der Waals surface area contributed by atoms with E-state index in [1.165, 1.54) is 5.56 Å². The van der Waals surface area contributed by atoms with E-state index >= 15 is 0 Å². The average Bonchev–Trinajstić information content (AvgIpc) is 3.07. The minimum atomic E-state index is 0.0255. The summed E-state index contributed by atoms with van der Waals surface area (Å²) in [5.74, 6) is 1.01. The summed E-state index contributed by atoms with van der Waals surface area (Å²) in [6.07, 6.45) is 4.38. The second-order valence-electron chi connectivity index (χ2n) is 6.20. The van der Waals surface area contributed by atoms with Crippen LogP contribution in [0.1, 0.15) is 11.7 Å². The molecule has 0 fully saturated rings. The third kappa shape index (κ3) is 2.32. The number of hydrogen-bond acceptors (Lipinski definition) is 2. The van der Waals surface area contributed by atoms with E-state index in [4.69, 9.17) is 4.98 Å². The molecule has 0 amide bonds. The SMILES string of the molecule is C(=CC1Nc2ccccc2-c2nc3ccccc3n21)c1ccccc1. The summed E-state index contributed by atoms with van der Waals surface area (Å²) in [6, 6.07) is 27.0. The predicted molar refractivity (Wildman–Crippen MR) is 103 cm³/mol. The first kappa shape index (κ1) is 14.1. The molecule has 0 saturated heterocycles. The number of aromatic nitrogens is 2. The van der Waals surface area contributed by atoms with Gasteiger partial charge in [0.05, 0.1) is 11.0 Å². The van der Waals surface area contributed by atoms with Crippen molar-refractivity contribution in [3.05, 3.63) is 90.5 Å². The van der Waals surface area contributed by atoms with Crippen LogP contribution in [0.2, 0.25) is 0 Å². The maximum atomic E-state index is 4.89. The van der Waals surface area contributed by atoms with Crippen LogP contribution >= 0.6 is 0 Å². The van der Waals surface area contributed by atoms with Gasteiger partial charge in [0.15, 0.2) is 0 Å². The molecule has 25 heavy (non-hydrogen) atoms. The number of para-hydroxylation sites is 3. The number of fused-ring (bicyclic) bond motifs is 5. The second-order valence-corrected chi connectivity index (χ2v) is 6.20. The molecule has 0 bridgehead atoms. The summed E-state index contributed by atoms with van der Waals surface area (Å²) in [5, 5.41) is 3.64. The molecule has 3 nitrogen and oxygen atoms in total. The monoisotopic (exact) mass is 323 g/mol. The summed E-state index contributed by atoms with van der Waals surface area (Å²) in [7, 11) is 0. The molecule has 1 aliphatic rings. The highest BCUT2D eigenvalue weighted by Gasteiger charge is 2.25. The van der Waals surface area contributed by atoms with Gasteiger partial charge in [-0.1, -0.05) is 60.7 Å². The number of nitrogens with zero attached hydrogens (tertiary/aromatic N) is 2. The van der Waals surface area contributed by atoms with Crippen molar-refractivity contribution < 1.29 is 0 Å². The highest BCUT2D eigenvalue weighted by molar-refractivity contribution is 5.86. The van der Waals surface area contributed by atoms with E-state index in [0.29, 0.717) is 0 Å². The summed E-state index contributed by atoms with van der Waals surface area (Å²) in [6.45, 7) is 0. The number of anilines is 1. The predicted octanol–water partition coefficient (Wildman–Crippen LogP) is 5.34. The number of imidazole rings is 1. The molecule has 1 unspecified atom stereocenters. The maximum absolute atomic E-state index is 4.89. The lowest BCUT2D eigenvalue weighted by atomic mass is 10.1. The van der Waals surface area contributed by atoms with Gasteiger partial charge in [0.25, 0.3) is 0 Å². The summed E-state index contributed by atoms with van der Waals surface area (Å²) in [5.41, 5.74) is 5.61. The van der Waals surface area contributed by atoms with Crippen molar-refractivity contribution in [1.82, 2.24) is 9.55 Å². The molecule has 2 heterocycles. The minimum Gasteiger partial charge on any atom is -0.361 e. The molecule has 1 atom stereocenters. The molecule has 4 aromatic rings. The third-order valence-corrected chi connectivity index (χ3v) is 4.62. The fraction of sp³-hybridized carbons (Fsp3) is 0.0455. The molecule has 0 radical (unpaired) electrons. The van der Waals surface area contributed by atoms with Crippen molar-refractivity contribution in [2.45, 2.75) is 6.17 Å². The topological polar surface area (TPSA) is 29.9 Å². The van der Waals surface area contributed by atoms with E-state index in [0.717, 1.165) is 28.1 Å². The zero-order valence-corrected chi connectivity index (χ0v) is 13.6. The highest BCUT2D eigenvalue weighted by atomic mass is 15.2. The molecular weight excluding hydrogens is 306 g/mol. The Morgan fingerprint density at radius 3 is 2.52 bits per heavy atom. The van der Waals surface area contributed by atoms with Gasteiger partial charge in [-0.25, -0.2) is 4.98 Å². The largest absolute Gasteiger partial charge is 0.361 e. The Bertz CT molecular complexity index is 1080. The van der Waals surface area contributed by atoms with Gasteiger partial charge in [0.1, 0.15) is 12.0 Å². The minimum absolute atomic E-state index is 0.0255. The van der Waals surface area contributed by atoms with Crippen LogP contribution in [0.15, 0.2) is 84.9 Å². The third-order valence-electron chi connectivity index (χ3n) is 4.62. The van der Waals surface area contributed by atoms with Gasteiger partial charge < -0.3 is 5.32 Å². The smallest absolute Gasteiger partial charge is 0.145 e. The molecule has 1 aromatic heterocycles. The van der Waals surface area contributed by atoms with E-state index < -0.39 is 0 Å². The van der Waals surface area contributed by atoms with Crippen LogP contribution in [0, 0.1) is 0 Å². The molecule has 0 aliphatic carbocycles. The molecule has 1 aliphatic heterocycles. The van der Waals surface area contributed by atoms with Gasteiger partial charge in [0, 0.05) is 11.3 Å². The van der Waals surface area contributed by atoms with Crippen molar-refractivity contribution in [3.63, 3.8) is 0 Å². The molecule has 0 saturated carbocycles. The van der Waals surface area contributed by atoms with Crippen LogP contribution in [0.3, 0.4) is 0 Å². The Labute approximate surface area is 146 Å². The number of benzene rings is 3.